The van der Waals surface area contributed by atoms with Crippen molar-refractivity contribution < 1.29 is 4.79 Å². The van der Waals surface area contributed by atoms with Crippen LogP contribution in [0.4, 0.5) is 0 Å². The van der Waals surface area contributed by atoms with E-state index in [0.29, 0.717) is 10.7 Å². The van der Waals surface area contributed by atoms with E-state index in [4.69, 9.17) is 11.6 Å². The van der Waals surface area contributed by atoms with Crippen molar-refractivity contribution in [2.24, 2.45) is 0 Å². The van der Waals surface area contributed by atoms with Crippen LogP contribution in [0.15, 0.2) is 42.6 Å². The summed E-state index contributed by atoms with van der Waals surface area (Å²) in [5.41, 5.74) is 2.34. The standard InChI is InChI=1S/C13H11ClN2O/c1-15-13(17)12-8-10(6-7-16-12)9-2-4-11(14)5-3-9/h2-8H,1H3,(H,15,17). The zero-order valence-electron chi connectivity index (χ0n) is 9.27. The summed E-state index contributed by atoms with van der Waals surface area (Å²) in [6.07, 6.45) is 1.62. The molecule has 0 aliphatic carbocycles. The fraction of sp³-hybridized carbons (Fsp3) is 0.0769. The van der Waals surface area contributed by atoms with Crippen molar-refractivity contribution in [2.45, 2.75) is 0 Å². The van der Waals surface area contributed by atoms with Gasteiger partial charge in [0.2, 0.25) is 0 Å². The highest BCUT2D eigenvalue weighted by Gasteiger charge is 2.06. The first-order chi connectivity index (χ1) is 8.20. The second-order valence-electron chi connectivity index (χ2n) is 3.52. The van der Waals surface area contributed by atoms with Gasteiger partial charge in [0, 0.05) is 18.3 Å². The number of hydrogen-bond acceptors (Lipinski definition) is 2. The SMILES string of the molecule is CNC(=O)c1cc(-c2ccc(Cl)cc2)ccn1. The van der Waals surface area contributed by atoms with E-state index in [1.807, 2.05) is 30.3 Å². The van der Waals surface area contributed by atoms with Crippen molar-refractivity contribution in [2.75, 3.05) is 7.05 Å². The van der Waals surface area contributed by atoms with Gasteiger partial charge < -0.3 is 5.32 Å². The van der Waals surface area contributed by atoms with Gasteiger partial charge in [-0.2, -0.15) is 0 Å². The van der Waals surface area contributed by atoms with E-state index >= 15 is 0 Å². The fourth-order valence-electron chi connectivity index (χ4n) is 1.50. The number of carbonyl (C=O) groups excluding carboxylic acids is 1. The summed E-state index contributed by atoms with van der Waals surface area (Å²) < 4.78 is 0. The predicted octanol–water partition coefficient (Wildman–Crippen LogP) is 2.76. The molecule has 4 heteroatoms. The first-order valence-electron chi connectivity index (χ1n) is 5.15. The average molecular weight is 247 g/mol. The number of halogens is 1. The highest BCUT2D eigenvalue weighted by molar-refractivity contribution is 6.30. The molecule has 0 saturated carbocycles. The molecule has 2 rings (SSSR count). The lowest BCUT2D eigenvalue weighted by Crippen LogP contribution is -2.19. The number of nitrogens with zero attached hydrogens (tertiary/aromatic N) is 1. The van der Waals surface area contributed by atoms with Crippen LogP contribution < -0.4 is 5.32 Å². The molecule has 0 saturated heterocycles. The summed E-state index contributed by atoms with van der Waals surface area (Å²) in [4.78, 5) is 15.5. The van der Waals surface area contributed by atoms with Crippen molar-refractivity contribution in [3.8, 4) is 11.1 Å². The van der Waals surface area contributed by atoms with Gasteiger partial charge in [-0.05, 0) is 35.4 Å². The minimum Gasteiger partial charge on any atom is -0.354 e. The number of pyridine rings is 1. The van der Waals surface area contributed by atoms with Crippen molar-refractivity contribution in [3.63, 3.8) is 0 Å². The van der Waals surface area contributed by atoms with Crippen molar-refractivity contribution in [1.29, 1.82) is 0 Å². The normalized spacial score (nSPS) is 10.0. The second-order valence-corrected chi connectivity index (χ2v) is 3.95. The largest absolute Gasteiger partial charge is 0.354 e. The van der Waals surface area contributed by atoms with Gasteiger partial charge in [-0.25, -0.2) is 0 Å². The molecule has 0 fully saturated rings. The predicted molar refractivity (Wildman–Crippen MR) is 68.1 cm³/mol. The molecule has 1 aromatic carbocycles. The minimum atomic E-state index is -0.194. The van der Waals surface area contributed by atoms with E-state index in [0.717, 1.165) is 11.1 Å². The smallest absolute Gasteiger partial charge is 0.269 e. The van der Waals surface area contributed by atoms with E-state index in [2.05, 4.69) is 10.3 Å². The molecule has 86 valence electrons. The maximum atomic E-state index is 11.5. The van der Waals surface area contributed by atoms with Gasteiger partial charge in [0.15, 0.2) is 0 Å². The molecule has 2 aromatic rings. The second kappa shape index (κ2) is 4.97. The van der Waals surface area contributed by atoms with Crippen LogP contribution in [0.5, 0.6) is 0 Å². The molecule has 3 nitrogen and oxygen atoms in total. The molecule has 0 aliphatic rings. The molecular formula is C13H11ClN2O. The molecule has 0 bridgehead atoms. The van der Waals surface area contributed by atoms with Crippen LogP contribution in [0.2, 0.25) is 5.02 Å². The van der Waals surface area contributed by atoms with Crippen molar-refractivity contribution in [3.05, 3.63) is 53.3 Å². The Hall–Kier alpha value is -1.87. The molecule has 0 spiro atoms. The third-order valence-electron chi connectivity index (χ3n) is 2.40. The van der Waals surface area contributed by atoms with E-state index in [1.165, 1.54) is 0 Å². The third-order valence-corrected chi connectivity index (χ3v) is 2.65. The molecule has 1 N–H and O–H groups in total. The van der Waals surface area contributed by atoms with E-state index < -0.39 is 0 Å². The zero-order chi connectivity index (χ0) is 12.3. The molecule has 0 aliphatic heterocycles. The highest BCUT2D eigenvalue weighted by Crippen LogP contribution is 2.21. The van der Waals surface area contributed by atoms with E-state index in [9.17, 15) is 4.79 Å². The Labute approximate surface area is 104 Å². The van der Waals surface area contributed by atoms with Crippen molar-refractivity contribution >= 4 is 17.5 Å². The summed E-state index contributed by atoms with van der Waals surface area (Å²) in [7, 11) is 1.58. The summed E-state index contributed by atoms with van der Waals surface area (Å²) in [6, 6.07) is 11.1. The lowest BCUT2D eigenvalue weighted by atomic mass is 10.1. The van der Waals surface area contributed by atoms with Crippen LogP contribution in [0.25, 0.3) is 11.1 Å². The lowest BCUT2D eigenvalue weighted by Gasteiger charge is -2.04. The van der Waals surface area contributed by atoms with Gasteiger partial charge in [-0.1, -0.05) is 23.7 Å². The van der Waals surface area contributed by atoms with Crippen LogP contribution in [0.1, 0.15) is 10.5 Å². The number of rotatable bonds is 2. The molecule has 0 atom stereocenters. The van der Waals surface area contributed by atoms with Crippen LogP contribution in [-0.4, -0.2) is 17.9 Å². The lowest BCUT2D eigenvalue weighted by molar-refractivity contribution is 0.0958. The van der Waals surface area contributed by atoms with Gasteiger partial charge in [-0.3, -0.25) is 9.78 Å². The Morgan fingerprint density at radius 1 is 1.18 bits per heavy atom. The molecule has 1 amide bonds. The molecule has 0 unspecified atom stereocenters. The maximum Gasteiger partial charge on any atom is 0.269 e. The number of nitrogens with one attached hydrogen (secondary N) is 1. The number of benzene rings is 1. The maximum absolute atomic E-state index is 11.5. The fourth-order valence-corrected chi connectivity index (χ4v) is 1.63. The van der Waals surface area contributed by atoms with Gasteiger partial charge in [0.05, 0.1) is 0 Å². The van der Waals surface area contributed by atoms with Gasteiger partial charge >= 0.3 is 0 Å². The summed E-state index contributed by atoms with van der Waals surface area (Å²) >= 11 is 5.83. The van der Waals surface area contributed by atoms with Gasteiger partial charge in [0.1, 0.15) is 5.69 Å². The molecule has 1 aromatic heterocycles. The van der Waals surface area contributed by atoms with Crippen LogP contribution in [0, 0.1) is 0 Å². The van der Waals surface area contributed by atoms with E-state index in [-0.39, 0.29) is 5.91 Å². The Kier molecular flexibility index (Phi) is 3.40. The molecule has 17 heavy (non-hydrogen) atoms. The van der Waals surface area contributed by atoms with E-state index in [1.54, 1.807) is 19.3 Å². The number of hydrogen-bond donors (Lipinski definition) is 1. The first-order valence-corrected chi connectivity index (χ1v) is 5.52. The summed E-state index contributed by atoms with van der Waals surface area (Å²) in [6.45, 7) is 0. The van der Waals surface area contributed by atoms with Gasteiger partial charge in [0.25, 0.3) is 5.91 Å². The quantitative estimate of drug-likeness (QED) is 0.885. The average Bonchev–Trinajstić information content (AvgIpc) is 2.39. The Bertz CT molecular complexity index is 537. The Morgan fingerprint density at radius 3 is 2.53 bits per heavy atom. The highest BCUT2D eigenvalue weighted by atomic mass is 35.5. The first kappa shape index (κ1) is 11.6. The number of amides is 1. The monoisotopic (exact) mass is 246 g/mol. The van der Waals surface area contributed by atoms with Gasteiger partial charge in [-0.15, -0.1) is 0 Å². The third kappa shape index (κ3) is 2.63. The van der Waals surface area contributed by atoms with Crippen LogP contribution >= 0.6 is 11.6 Å². The zero-order valence-corrected chi connectivity index (χ0v) is 10.0. The number of carbonyl (C=O) groups is 1. The summed E-state index contributed by atoms with van der Waals surface area (Å²) in [5.74, 6) is -0.194. The Morgan fingerprint density at radius 2 is 1.88 bits per heavy atom. The topological polar surface area (TPSA) is 42.0 Å². The molecular weight excluding hydrogens is 236 g/mol. The summed E-state index contributed by atoms with van der Waals surface area (Å²) in [5, 5.41) is 3.24. The Balaban J connectivity index is 2.39. The van der Waals surface area contributed by atoms with Crippen molar-refractivity contribution in [1.82, 2.24) is 10.3 Å². The minimum absolute atomic E-state index is 0.194. The van der Waals surface area contributed by atoms with Crippen LogP contribution in [0.3, 0.4) is 0 Å². The number of aromatic nitrogens is 1. The molecule has 0 radical (unpaired) electrons. The van der Waals surface area contributed by atoms with Crippen LogP contribution in [-0.2, 0) is 0 Å². The molecule has 1 heterocycles.